The minimum atomic E-state index is -0.0746. The molecule has 1 aromatic heterocycles. The lowest BCUT2D eigenvalue weighted by molar-refractivity contribution is -0.127. The van der Waals surface area contributed by atoms with E-state index in [0.717, 1.165) is 25.7 Å². The maximum Gasteiger partial charge on any atom is 0.251 e. The van der Waals surface area contributed by atoms with Gasteiger partial charge in [0, 0.05) is 68.8 Å². The van der Waals surface area contributed by atoms with E-state index in [4.69, 9.17) is 9.47 Å². The van der Waals surface area contributed by atoms with E-state index in [2.05, 4.69) is 15.6 Å². The summed E-state index contributed by atoms with van der Waals surface area (Å²) in [5, 5.41) is 5.79. The molecule has 2 aromatic rings. The molecule has 0 spiro atoms. The number of carbonyl (C=O) groups excluding carboxylic acids is 4. The van der Waals surface area contributed by atoms with Crippen LogP contribution < -0.4 is 10.6 Å². The number of nitrogens with zero attached hydrogens (tertiary/aromatic N) is 2. The number of ether oxygens (including phenoxy) is 2. The van der Waals surface area contributed by atoms with E-state index >= 15 is 0 Å². The average molecular weight is 627 g/mol. The van der Waals surface area contributed by atoms with Crippen molar-refractivity contribution in [3.8, 4) is 0 Å². The Morgan fingerprint density at radius 1 is 0.933 bits per heavy atom. The number of ketones is 1. The van der Waals surface area contributed by atoms with Crippen molar-refractivity contribution < 1.29 is 28.7 Å². The van der Waals surface area contributed by atoms with Crippen molar-refractivity contribution in [2.24, 2.45) is 17.8 Å². The minimum absolute atomic E-state index is 0.0532. The van der Waals surface area contributed by atoms with E-state index < -0.39 is 0 Å². The van der Waals surface area contributed by atoms with Gasteiger partial charge in [0.05, 0.1) is 26.4 Å². The van der Waals surface area contributed by atoms with Crippen molar-refractivity contribution in [2.75, 3.05) is 60.2 Å². The Balaban J connectivity index is 0.000000328. The van der Waals surface area contributed by atoms with E-state index in [9.17, 15) is 19.2 Å². The largest absolute Gasteiger partial charge is 0.378 e. The van der Waals surface area contributed by atoms with Crippen molar-refractivity contribution >= 4 is 23.9 Å². The number of hydrogen-bond donors (Lipinski definition) is 2. The van der Waals surface area contributed by atoms with Crippen LogP contribution >= 0.6 is 0 Å². The number of benzene rings is 1. The number of likely N-dealkylation sites (N-methyl/N-ethyl adjacent to an activating group) is 1. The van der Waals surface area contributed by atoms with Gasteiger partial charge in [-0.15, -0.1) is 0 Å². The Bertz CT molecular complexity index is 1020. The summed E-state index contributed by atoms with van der Waals surface area (Å²) >= 11 is 0. The van der Waals surface area contributed by atoms with Gasteiger partial charge in [0.15, 0.2) is 0 Å². The molecule has 4 rings (SSSR count). The topological polar surface area (TPSA) is 127 Å². The molecule has 1 unspecified atom stereocenters. The average Bonchev–Trinajstić information content (AvgIpc) is 3.42. The third-order valence-corrected chi connectivity index (χ3v) is 7.14. The molecule has 45 heavy (non-hydrogen) atoms. The van der Waals surface area contributed by atoms with Gasteiger partial charge in [0.25, 0.3) is 5.91 Å². The highest BCUT2D eigenvalue weighted by Gasteiger charge is 2.25. The first kappa shape index (κ1) is 39.6. The van der Waals surface area contributed by atoms with Crippen molar-refractivity contribution in [1.82, 2.24) is 20.5 Å². The second-order valence-electron chi connectivity index (χ2n) is 11.2. The second kappa shape index (κ2) is 25.8. The summed E-state index contributed by atoms with van der Waals surface area (Å²) in [7, 11) is 3.60. The summed E-state index contributed by atoms with van der Waals surface area (Å²) in [4.78, 5) is 49.3. The molecule has 0 radical (unpaired) electrons. The van der Waals surface area contributed by atoms with Crippen LogP contribution in [0.4, 0.5) is 0 Å². The molecular weight excluding hydrogens is 572 g/mol. The number of amides is 2. The zero-order valence-corrected chi connectivity index (χ0v) is 27.6. The van der Waals surface area contributed by atoms with Gasteiger partial charge in [-0.05, 0) is 44.2 Å². The molecule has 2 aliphatic rings. The minimum Gasteiger partial charge on any atom is -0.378 e. The molecule has 2 heterocycles. The monoisotopic (exact) mass is 626 g/mol. The molecule has 1 saturated carbocycles. The predicted molar refractivity (Wildman–Crippen MR) is 177 cm³/mol. The summed E-state index contributed by atoms with van der Waals surface area (Å²) in [5.41, 5.74) is 0.665. The number of rotatable bonds is 13. The highest BCUT2D eigenvalue weighted by molar-refractivity contribution is 5.94. The van der Waals surface area contributed by atoms with Gasteiger partial charge in [-0.2, -0.15) is 0 Å². The van der Waals surface area contributed by atoms with E-state index in [1.54, 1.807) is 36.5 Å². The SMILES string of the molecule is CC(C)C(=O)C1CCCCC1.CN1CC(C=O)CC1=O.CNCCOCCOCCNC(=O)c1ccccc1.c1ccncc1. The fraction of sp³-hybridized carbons (Fsp3) is 0.571. The maximum atomic E-state index is 11.7. The van der Waals surface area contributed by atoms with E-state index in [0.29, 0.717) is 63.2 Å². The molecule has 10 nitrogen and oxygen atoms in total. The fourth-order valence-corrected chi connectivity index (χ4v) is 4.59. The van der Waals surface area contributed by atoms with Gasteiger partial charge in [-0.25, -0.2) is 0 Å². The molecule has 2 amide bonds. The molecule has 1 saturated heterocycles. The Labute approximate surface area is 269 Å². The summed E-state index contributed by atoms with van der Waals surface area (Å²) < 4.78 is 10.6. The molecule has 0 bridgehead atoms. The van der Waals surface area contributed by atoms with Crippen LogP contribution in [0.5, 0.6) is 0 Å². The van der Waals surface area contributed by atoms with Crippen LogP contribution in [0.15, 0.2) is 60.9 Å². The van der Waals surface area contributed by atoms with Gasteiger partial charge >= 0.3 is 0 Å². The Morgan fingerprint density at radius 3 is 1.98 bits per heavy atom. The number of carbonyl (C=O) groups is 4. The maximum absolute atomic E-state index is 11.7. The number of aldehydes is 1. The van der Waals surface area contributed by atoms with Gasteiger partial charge in [0.1, 0.15) is 12.1 Å². The Kier molecular flexibility index (Phi) is 22.7. The Hall–Kier alpha value is -3.47. The molecule has 1 aromatic carbocycles. The highest BCUT2D eigenvalue weighted by atomic mass is 16.5. The molecule has 1 aliphatic heterocycles. The van der Waals surface area contributed by atoms with Gasteiger partial charge in [-0.3, -0.25) is 19.4 Å². The first-order valence-corrected chi connectivity index (χ1v) is 16.0. The first-order valence-electron chi connectivity index (χ1n) is 16.0. The molecule has 10 heteroatoms. The summed E-state index contributed by atoms with van der Waals surface area (Å²) in [6.45, 7) is 8.27. The van der Waals surface area contributed by atoms with Gasteiger partial charge in [0.2, 0.25) is 5.91 Å². The summed E-state index contributed by atoms with van der Waals surface area (Å²) in [5.74, 6) is 1.09. The Morgan fingerprint density at radius 2 is 1.53 bits per heavy atom. The number of aromatic nitrogens is 1. The molecular formula is C35H54N4O6. The van der Waals surface area contributed by atoms with Crippen LogP contribution in [-0.4, -0.2) is 93.9 Å². The van der Waals surface area contributed by atoms with Crippen LogP contribution in [0.2, 0.25) is 0 Å². The van der Waals surface area contributed by atoms with Gasteiger partial charge in [-0.1, -0.05) is 57.4 Å². The smallest absolute Gasteiger partial charge is 0.251 e. The zero-order chi connectivity index (χ0) is 33.1. The third kappa shape index (κ3) is 19.5. The zero-order valence-electron chi connectivity index (χ0n) is 27.6. The first-order chi connectivity index (χ1) is 21.8. The molecule has 1 aliphatic carbocycles. The summed E-state index contributed by atoms with van der Waals surface area (Å²) in [6.07, 6.45) is 10.9. The molecule has 250 valence electrons. The number of likely N-dealkylation sites (tertiary alicyclic amines) is 1. The second-order valence-corrected chi connectivity index (χ2v) is 11.2. The third-order valence-electron chi connectivity index (χ3n) is 7.14. The lowest BCUT2D eigenvalue weighted by Gasteiger charge is -2.21. The van der Waals surface area contributed by atoms with Crippen molar-refractivity contribution in [3.63, 3.8) is 0 Å². The van der Waals surface area contributed by atoms with E-state index in [-0.39, 0.29) is 23.7 Å². The fourth-order valence-electron chi connectivity index (χ4n) is 4.59. The van der Waals surface area contributed by atoms with Crippen molar-refractivity contribution in [2.45, 2.75) is 52.4 Å². The van der Waals surface area contributed by atoms with Crippen LogP contribution in [0.3, 0.4) is 0 Å². The molecule has 1 atom stereocenters. The predicted octanol–water partition coefficient (Wildman–Crippen LogP) is 4.21. The number of hydrogen-bond acceptors (Lipinski definition) is 8. The van der Waals surface area contributed by atoms with Crippen LogP contribution in [0.1, 0.15) is 62.7 Å². The van der Waals surface area contributed by atoms with E-state index in [1.807, 2.05) is 57.3 Å². The van der Waals surface area contributed by atoms with Crippen molar-refractivity contribution in [1.29, 1.82) is 0 Å². The number of pyridine rings is 1. The van der Waals surface area contributed by atoms with Gasteiger partial charge < -0.3 is 29.8 Å². The quantitative estimate of drug-likeness (QED) is 0.250. The van der Waals surface area contributed by atoms with Crippen molar-refractivity contribution in [3.05, 3.63) is 66.5 Å². The highest BCUT2D eigenvalue weighted by Crippen LogP contribution is 2.26. The van der Waals surface area contributed by atoms with Crippen LogP contribution in [0, 0.1) is 17.8 Å². The van der Waals surface area contributed by atoms with Crippen LogP contribution in [0.25, 0.3) is 0 Å². The summed E-state index contributed by atoms with van der Waals surface area (Å²) in [6, 6.07) is 14.8. The number of nitrogens with one attached hydrogen (secondary N) is 2. The van der Waals surface area contributed by atoms with E-state index in [1.165, 1.54) is 19.3 Å². The lowest BCUT2D eigenvalue weighted by atomic mass is 9.83. The lowest BCUT2D eigenvalue weighted by Crippen LogP contribution is -2.27. The number of Topliss-reactive ketones (excluding diaryl/α,β-unsaturated/α-hetero) is 1. The standard InChI is InChI=1S/C14H22N2O3.C10H18O.C6H9NO2.C5H5N/c1-15-7-9-18-11-12-19-10-8-16-14(17)13-5-3-2-4-6-13;1-8(2)10(11)9-6-4-3-5-7-9;1-7-3-5(4-8)2-6(7)9;1-2-4-6-5-3-1/h2-6,15H,7-12H2,1H3,(H,16,17);8-9H,3-7H2,1-2H3;4-5H,2-3H2,1H3;1-5H. The van der Waals surface area contributed by atoms with Crippen LogP contribution in [-0.2, 0) is 23.9 Å². The molecule has 2 N–H and O–H groups in total. The normalized spacial score (nSPS) is 15.9. The molecule has 2 fully saturated rings.